The summed E-state index contributed by atoms with van der Waals surface area (Å²) in [6.45, 7) is 5.91. The number of anilines is 2. The lowest BCUT2D eigenvalue weighted by Crippen LogP contribution is -2.20. The monoisotopic (exact) mass is 403 g/mol. The van der Waals surface area contributed by atoms with Gasteiger partial charge in [0, 0.05) is 11.3 Å². The van der Waals surface area contributed by atoms with Crippen LogP contribution < -0.4 is 11.1 Å². The SMILES string of the molecule is Cc1ccc(-c2noc(-c3nnn(CC(=O)Nc4ccc(C)c(C)c4)c3N)n2)cc1. The van der Waals surface area contributed by atoms with Gasteiger partial charge in [0.1, 0.15) is 6.54 Å². The van der Waals surface area contributed by atoms with Crippen LogP contribution >= 0.6 is 0 Å². The van der Waals surface area contributed by atoms with Crippen molar-refractivity contribution in [2.75, 3.05) is 11.1 Å². The normalized spacial score (nSPS) is 10.9. The van der Waals surface area contributed by atoms with Crippen LogP contribution in [-0.4, -0.2) is 31.0 Å². The first-order valence-corrected chi connectivity index (χ1v) is 9.38. The lowest BCUT2D eigenvalue weighted by molar-refractivity contribution is -0.116. The molecule has 0 aliphatic rings. The minimum Gasteiger partial charge on any atom is -0.382 e. The van der Waals surface area contributed by atoms with E-state index in [9.17, 15) is 4.79 Å². The van der Waals surface area contributed by atoms with E-state index >= 15 is 0 Å². The van der Waals surface area contributed by atoms with Crippen LogP contribution in [0.15, 0.2) is 47.0 Å². The van der Waals surface area contributed by atoms with Crippen molar-refractivity contribution in [3.63, 3.8) is 0 Å². The fourth-order valence-electron chi connectivity index (χ4n) is 2.88. The summed E-state index contributed by atoms with van der Waals surface area (Å²) in [6, 6.07) is 13.4. The third-order valence-electron chi connectivity index (χ3n) is 4.80. The fraction of sp³-hybridized carbons (Fsp3) is 0.190. The summed E-state index contributed by atoms with van der Waals surface area (Å²) in [5.41, 5.74) is 11.3. The third kappa shape index (κ3) is 3.90. The van der Waals surface area contributed by atoms with E-state index in [0.29, 0.717) is 11.5 Å². The molecule has 0 aliphatic carbocycles. The van der Waals surface area contributed by atoms with Crippen LogP contribution in [0.25, 0.3) is 23.0 Å². The average Bonchev–Trinajstić information content (AvgIpc) is 3.33. The molecule has 1 amide bonds. The molecule has 0 unspecified atom stereocenters. The molecule has 2 heterocycles. The Morgan fingerprint density at radius 2 is 1.87 bits per heavy atom. The molecule has 4 aromatic rings. The summed E-state index contributed by atoms with van der Waals surface area (Å²) in [7, 11) is 0. The van der Waals surface area contributed by atoms with Gasteiger partial charge in [-0.15, -0.1) is 5.10 Å². The first-order valence-electron chi connectivity index (χ1n) is 9.38. The molecular weight excluding hydrogens is 382 g/mol. The number of nitrogens with one attached hydrogen (secondary N) is 1. The van der Waals surface area contributed by atoms with Crippen molar-refractivity contribution in [3.05, 3.63) is 59.2 Å². The zero-order chi connectivity index (χ0) is 21.3. The summed E-state index contributed by atoms with van der Waals surface area (Å²) in [5.74, 6) is 0.465. The Morgan fingerprint density at radius 3 is 2.60 bits per heavy atom. The molecule has 0 aliphatic heterocycles. The molecule has 2 aromatic heterocycles. The second-order valence-corrected chi connectivity index (χ2v) is 7.12. The minimum atomic E-state index is -0.271. The van der Waals surface area contributed by atoms with Gasteiger partial charge in [0.05, 0.1) is 0 Å². The molecule has 0 saturated heterocycles. The second-order valence-electron chi connectivity index (χ2n) is 7.12. The Kier molecular flexibility index (Phi) is 5.01. The molecule has 4 rings (SSSR count). The maximum absolute atomic E-state index is 12.4. The van der Waals surface area contributed by atoms with Crippen LogP contribution in [0.3, 0.4) is 0 Å². The smallest absolute Gasteiger partial charge is 0.282 e. The first kappa shape index (κ1) is 19.3. The van der Waals surface area contributed by atoms with Crippen molar-refractivity contribution in [3.8, 4) is 23.0 Å². The van der Waals surface area contributed by atoms with E-state index in [1.165, 1.54) is 4.68 Å². The molecular formula is C21H21N7O2. The molecule has 9 heteroatoms. The number of amides is 1. The van der Waals surface area contributed by atoms with E-state index in [1.807, 2.05) is 63.2 Å². The highest BCUT2D eigenvalue weighted by molar-refractivity contribution is 5.91. The number of hydrogen-bond acceptors (Lipinski definition) is 7. The number of nitrogens with zero attached hydrogens (tertiary/aromatic N) is 5. The molecule has 152 valence electrons. The highest BCUT2D eigenvalue weighted by atomic mass is 16.5. The largest absolute Gasteiger partial charge is 0.382 e. The molecule has 30 heavy (non-hydrogen) atoms. The van der Waals surface area contributed by atoms with Gasteiger partial charge in [-0.25, -0.2) is 4.68 Å². The van der Waals surface area contributed by atoms with E-state index in [0.717, 1.165) is 22.3 Å². The topological polar surface area (TPSA) is 125 Å². The van der Waals surface area contributed by atoms with Crippen molar-refractivity contribution in [1.82, 2.24) is 25.1 Å². The molecule has 0 radical (unpaired) electrons. The van der Waals surface area contributed by atoms with Crippen LogP contribution in [0.1, 0.15) is 16.7 Å². The van der Waals surface area contributed by atoms with Crippen LogP contribution in [0, 0.1) is 20.8 Å². The van der Waals surface area contributed by atoms with Gasteiger partial charge in [-0.3, -0.25) is 4.79 Å². The molecule has 0 saturated carbocycles. The van der Waals surface area contributed by atoms with Gasteiger partial charge in [0.2, 0.25) is 11.7 Å². The summed E-state index contributed by atoms with van der Waals surface area (Å²) in [5, 5.41) is 14.8. The molecule has 9 nitrogen and oxygen atoms in total. The Hall–Kier alpha value is -4.01. The number of hydrogen-bond donors (Lipinski definition) is 2. The van der Waals surface area contributed by atoms with Crippen molar-refractivity contribution in [1.29, 1.82) is 0 Å². The predicted molar refractivity (Wildman–Crippen MR) is 112 cm³/mol. The number of benzene rings is 2. The number of aryl methyl sites for hydroxylation is 3. The Labute approximate surface area is 172 Å². The van der Waals surface area contributed by atoms with Crippen molar-refractivity contribution >= 4 is 17.4 Å². The number of aromatic nitrogens is 5. The lowest BCUT2D eigenvalue weighted by Gasteiger charge is -2.08. The molecule has 2 aromatic carbocycles. The lowest BCUT2D eigenvalue weighted by atomic mass is 10.1. The maximum atomic E-state index is 12.4. The molecule has 0 fully saturated rings. The minimum absolute atomic E-state index is 0.0925. The molecule has 0 atom stereocenters. The average molecular weight is 403 g/mol. The van der Waals surface area contributed by atoms with Crippen molar-refractivity contribution in [2.24, 2.45) is 0 Å². The summed E-state index contributed by atoms with van der Waals surface area (Å²) in [4.78, 5) is 16.7. The van der Waals surface area contributed by atoms with Crippen molar-refractivity contribution in [2.45, 2.75) is 27.3 Å². The second kappa shape index (κ2) is 7.78. The van der Waals surface area contributed by atoms with E-state index in [1.54, 1.807) is 0 Å². The Morgan fingerprint density at radius 1 is 1.10 bits per heavy atom. The van der Waals surface area contributed by atoms with E-state index < -0.39 is 0 Å². The number of rotatable bonds is 5. The highest BCUT2D eigenvalue weighted by Crippen LogP contribution is 2.25. The standard InChI is InChI=1S/C21H21N7O2/c1-12-4-7-15(8-5-12)20-24-21(30-26-20)18-19(22)28(27-25-18)11-17(29)23-16-9-6-13(2)14(3)10-16/h4-10H,11,22H2,1-3H3,(H,23,29). The van der Waals surface area contributed by atoms with Gasteiger partial charge >= 0.3 is 0 Å². The van der Waals surface area contributed by atoms with Gasteiger partial charge in [-0.1, -0.05) is 46.3 Å². The van der Waals surface area contributed by atoms with Crippen molar-refractivity contribution < 1.29 is 9.32 Å². The number of carbonyl (C=O) groups excluding carboxylic acids is 1. The number of nitrogen functional groups attached to an aromatic ring is 1. The molecule has 0 bridgehead atoms. The van der Waals surface area contributed by atoms with Gasteiger partial charge in [-0.05, 0) is 44.0 Å². The highest BCUT2D eigenvalue weighted by Gasteiger charge is 2.20. The number of nitrogens with two attached hydrogens (primary N) is 1. The molecule has 3 N–H and O–H groups in total. The zero-order valence-corrected chi connectivity index (χ0v) is 16.9. The van der Waals surface area contributed by atoms with Gasteiger partial charge in [0.25, 0.3) is 5.89 Å². The van der Waals surface area contributed by atoms with Gasteiger partial charge in [-0.2, -0.15) is 4.98 Å². The van der Waals surface area contributed by atoms with E-state index in [-0.39, 0.29) is 29.9 Å². The number of carbonyl (C=O) groups is 1. The van der Waals surface area contributed by atoms with Gasteiger partial charge < -0.3 is 15.6 Å². The quantitative estimate of drug-likeness (QED) is 0.524. The zero-order valence-electron chi connectivity index (χ0n) is 16.9. The van der Waals surface area contributed by atoms with E-state index in [2.05, 4.69) is 25.8 Å². The Bertz CT molecular complexity index is 1210. The third-order valence-corrected chi connectivity index (χ3v) is 4.80. The van der Waals surface area contributed by atoms with Crippen LogP contribution in [0.5, 0.6) is 0 Å². The van der Waals surface area contributed by atoms with Crippen LogP contribution in [-0.2, 0) is 11.3 Å². The van der Waals surface area contributed by atoms with Gasteiger partial charge in [0.15, 0.2) is 11.5 Å². The predicted octanol–water partition coefficient (Wildman–Crippen LogP) is 3.14. The summed E-state index contributed by atoms with van der Waals surface area (Å²) in [6.07, 6.45) is 0. The Balaban J connectivity index is 1.49. The first-order chi connectivity index (χ1) is 14.4. The summed E-state index contributed by atoms with van der Waals surface area (Å²) >= 11 is 0. The fourth-order valence-corrected chi connectivity index (χ4v) is 2.88. The van der Waals surface area contributed by atoms with E-state index in [4.69, 9.17) is 10.3 Å². The van der Waals surface area contributed by atoms with Crippen LogP contribution in [0.4, 0.5) is 11.5 Å². The van der Waals surface area contributed by atoms with Crippen LogP contribution in [0.2, 0.25) is 0 Å². The maximum Gasteiger partial charge on any atom is 0.282 e. The molecule has 0 spiro atoms. The summed E-state index contributed by atoms with van der Waals surface area (Å²) < 4.78 is 6.59.